The van der Waals surface area contributed by atoms with E-state index in [0.717, 1.165) is 5.56 Å². The maximum atomic E-state index is 12.1. The zero-order valence-corrected chi connectivity index (χ0v) is 13.5. The lowest BCUT2D eigenvalue weighted by Crippen LogP contribution is -2.16. The van der Waals surface area contributed by atoms with Gasteiger partial charge in [0.05, 0.1) is 6.42 Å². The minimum Gasteiger partial charge on any atom is -0.326 e. The first kappa shape index (κ1) is 16.7. The maximum Gasteiger partial charge on any atom is 0.228 e. The van der Waals surface area contributed by atoms with Gasteiger partial charge in [-0.1, -0.05) is 50.2 Å². The maximum absolute atomic E-state index is 12.1. The average molecular weight is 310 g/mol. The summed E-state index contributed by atoms with van der Waals surface area (Å²) in [5.74, 6) is 0.207. The Hall–Kier alpha value is -2.62. The van der Waals surface area contributed by atoms with E-state index in [1.54, 1.807) is 12.1 Å². The molecule has 0 unspecified atom stereocenters. The predicted octanol–water partition coefficient (Wildman–Crippen LogP) is 3.85. The van der Waals surface area contributed by atoms with Crippen LogP contribution in [0.3, 0.4) is 0 Å². The largest absolute Gasteiger partial charge is 0.326 e. The minimum absolute atomic E-state index is 0.0206. The highest BCUT2D eigenvalue weighted by molar-refractivity contribution is 5.94. The van der Waals surface area contributed by atoms with Crippen LogP contribution >= 0.6 is 0 Å². The lowest BCUT2D eigenvalue weighted by molar-refractivity contribution is -0.117. The Kier molecular flexibility index (Phi) is 5.92. The second-order valence-electron chi connectivity index (χ2n) is 5.94. The van der Waals surface area contributed by atoms with Gasteiger partial charge in [0.15, 0.2) is 0 Å². The molecule has 2 aromatic rings. The van der Waals surface area contributed by atoms with E-state index in [1.807, 2.05) is 56.3 Å². The molecule has 0 aromatic heterocycles. The van der Waals surface area contributed by atoms with E-state index < -0.39 is 0 Å². The molecule has 23 heavy (non-hydrogen) atoms. The summed E-state index contributed by atoms with van der Waals surface area (Å²) in [6, 6.07) is 16.8. The van der Waals surface area contributed by atoms with Gasteiger partial charge in [0.2, 0.25) is 11.8 Å². The third-order valence-corrected chi connectivity index (χ3v) is 3.23. The van der Waals surface area contributed by atoms with E-state index >= 15 is 0 Å². The van der Waals surface area contributed by atoms with Gasteiger partial charge in [-0.25, -0.2) is 0 Å². The zero-order valence-electron chi connectivity index (χ0n) is 13.5. The van der Waals surface area contributed by atoms with Crippen molar-refractivity contribution in [2.45, 2.75) is 26.7 Å². The first-order valence-corrected chi connectivity index (χ1v) is 7.76. The number of hydrogen-bond donors (Lipinski definition) is 2. The van der Waals surface area contributed by atoms with Gasteiger partial charge in [-0.05, 0) is 29.7 Å². The molecule has 0 bridgehead atoms. The zero-order chi connectivity index (χ0) is 16.7. The second kappa shape index (κ2) is 8.13. The monoisotopic (exact) mass is 310 g/mol. The van der Waals surface area contributed by atoms with Crippen molar-refractivity contribution < 1.29 is 9.59 Å². The summed E-state index contributed by atoms with van der Waals surface area (Å²) in [6.07, 6.45) is 0.801. The van der Waals surface area contributed by atoms with Crippen molar-refractivity contribution in [1.29, 1.82) is 0 Å². The molecule has 4 nitrogen and oxygen atoms in total. The Morgan fingerprint density at radius 3 is 2.09 bits per heavy atom. The SMILES string of the molecule is CC(C)CC(=O)Nc1cccc(NC(=O)Cc2ccccc2)c1. The van der Waals surface area contributed by atoms with Gasteiger partial charge in [0.1, 0.15) is 0 Å². The number of amides is 2. The van der Waals surface area contributed by atoms with E-state index in [4.69, 9.17) is 0 Å². The number of rotatable bonds is 6. The Morgan fingerprint density at radius 1 is 0.870 bits per heavy atom. The quantitative estimate of drug-likeness (QED) is 0.851. The van der Waals surface area contributed by atoms with Crippen LogP contribution in [0.25, 0.3) is 0 Å². The number of nitrogens with one attached hydrogen (secondary N) is 2. The third kappa shape index (κ3) is 5.94. The van der Waals surface area contributed by atoms with Crippen LogP contribution in [0.4, 0.5) is 11.4 Å². The molecule has 0 fully saturated rings. The molecule has 0 radical (unpaired) electrons. The van der Waals surface area contributed by atoms with Gasteiger partial charge < -0.3 is 10.6 Å². The van der Waals surface area contributed by atoms with Crippen LogP contribution in [0.2, 0.25) is 0 Å². The summed E-state index contributed by atoms with van der Waals surface area (Å²) < 4.78 is 0. The number of hydrogen-bond acceptors (Lipinski definition) is 2. The molecule has 0 aliphatic rings. The molecule has 0 atom stereocenters. The van der Waals surface area contributed by atoms with Crippen LogP contribution in [0.5, 0.6) is 0 Å². The molecule has 0 heterocycles. The van der Waals surface area contributed by atoms with Gasteiger partial charge >= 0.3 is 0 Å². The first-order chi connectivity index (χ1) is 11.0. The van der Waals surface area contributed by atoms with Crippen LogP contribution in [0, 0.1) is 5.92 Å². The molecular formula is C19H22N2O2. The average Bonchev–Trinajstić information content (AvgIpc) is 2.47. The minimum atomic E-state index is -0.0816. The number of carbonyl (C=O) groups is 2. The Bertz CT molecular complexity index is 666. The van der Waals surface area contributed by atoms with Crippen molar-refractivity contribution in [3.63, 3.8) is 0 Å². The van der Waals surface area contributed by atoms with Gasteiger partial charge in [-0.2, -0.15) is 0 Å². The molecule has 4 heteroatoms. The Labute approximate surface area is 136 Å². The van der Waals surface area contributed by atoms with Crippen LogP contribution < -0.4 is 10.6 Å². The second-order valence-corrected chi connectivity index (χ2v) is 5.94. The lowest BCUT2D eigenvalue weighted by Gasteiger charge is -2.10. The van der Waals surface area contributed by atoms with Crippen molar-refractivity contribution in [2.24, 2.45) is 5.92 Å². The molecule has 0 saturated carbocycles. The molecule has 2 aromatic carbocycles. The lowest BCUT2D eigenvalue weighted by atomic mass is 10.1. The summed E-state index contributed by atoms with van der Waals surface area (Å²) in [7, 11) is 0. The highest BCUT2D eigenvalue weighted by Gasteiger charge is 2.07. The van der Waals surface area contributed by atoms with Gasteiger partial charge in [-0.3, -0.25) is 9.59 Å². The molecule has 120 valence electrons. The highest BCUT2D eigenvalue weighted by atomic mass is 16.2. The summed E-state index contributed by atoms with van der Waals surface area (Å²) in [6.45, 7) is 4.00. The number of carbonyl (C=O) groups excluding carboxylic acids is 2. The predicted molar refractivity (Wildman–Crippen MR) is 93.3 cm³/mol. The number of benzene rings is 2. The third-order valence-electron chi connectivity index (χ3n) is 3.23. The molecule has 2 amide bonds. The molecule has 0 aliphatic carbocycles. The first-order valence-electron chi connectivity index (χ1n) is 7.76. The summed E-state index contributed by atoms with van der Waals surface area (Å²) in [4.78, 5) is 23.9. The van der Waals surface area contributed by atoms with Crippen molar-refractivity contribution in [3.8, 4) is 0 Å². The van der Waals surface area contributed by atoms with Crippen LogP contribution in [0.15, 0.2) is 54.6 Å². The van der Waals surface area contributed by atoms with Crippen molar-refractivity contribution in [3.05, 3.63) is 60.2 Å². The fourth-order valence-electron chi connectivity index (χ4n) is 2.24. The van der Waals surface area contributed by atoms with Crippen LogP contribution in [0.1, 0.15) is 25.8 Å². The van der Waals surface area contributed by atoms with Crippen molar-refractivity contribution in [2.75, 3.05) is 10.6 Å². The Balaban J connectivity index is 1.94. The highest BCUT2D eigenvalue weighted by Crippen LogP contribution is 2.16. The summed E-state index contributed by atoms with van der Waals surface area (Å²) in [5.41, 5.74) is 2.33. The topological polar surface area (TPSA) is 58.2 Å². The molecule has 2 N–H and O–H groups in total. The van der Waals surface area contributed by atoms with Crippen molar-refractivity contribution in [1.82, 2.24) is 0 Å². The van der Waals surface area contributed by atoms with Gasteiger partial charge in [-0.15, -0.1) is 0 Å². The molecular weight excluding hydrogens is 288 g/mol. The number of anilines is 2. The fourth-order valence-corrected chi connectivity index (χ4v) is 2.24. The van der Waals surface area contributed by atoms with E-state index in [1.165, 1.54) is 0 Å². The van der Waals surface area contributed by atoms with E-state index in [2.05, 4.69) is 10.6 Å². The van der Waals surface area contributed by atoms with E-state index in [0.29, 0.717) is 30.1 Å². The fraction of sp³-hybridized carbons (Fsp3) is 0.263. The summed E-state index contributed by atoms with van der Waals surface area (Å²) in [5, 5.41) is 5.70. The molecule has 2 rings (SSSR count). The Morgan fingerprint density at radius 2 is 1.48 bits per heavy atom. The van der Waals surface area contributed by atoms with E-state index in [-0.39, 0.29) is 11.8 Å². The normalized spacial score (nSPS) is 10.4. The molecule has 0 spiro atoms. The molecule has 0 aliphatic heterocycles. The summed E-state index contributed by atoms with van der Waals surface area (Å²) >= 11 is 0. The smallest absolute Gasteiger partial charge is 0.228 e. The van der Waals surface area contributed by atoms with E-state index in [9.17, 15) is 9.59 Å². The van der Waals surface area contributed by atoms with Gasteiger partial charge in [0.25, 0.3) is 0 Å². The molecule has 0 saturated heterocycles. The van der Waals surface area contributed by atoms with Crippen LogP contribution in [-0.2, 0) is 16.0 Å². The van der Waals surface area contributed by atoms with Gasteiger partial charge in [0, 0.05) is 17.8 Å². The van der Waals surface area contributed by atoms with Crippen LogP contribution in [-0.4, -0.2) is 11.8 Å². The van der Waals surface area contributed by atoms with Crippen molar-refractivity contribution >= 4 is 23.2 Å². The standard InChI is InChI=1S/C19H22N2O2/c1-14(2)11-18(22)20-16-9-6-10-17(13-16)21-19(23)12-15-7-4-3-5-8-15/h3-10,13-14H,11-12H2,1-2H3,(H,20,22)(H,21,23).